The Labute approximate surface area is 380 Å². The molecular weight excluding hydrogens is 775 g/mol. The largest absolute Gasteiger partial charge is 0.477 e. The molecule has 0 radical (unpaired) electrons. The molecule has 8 nitrogen and oxygen atoms in total. The average Bonchev–Trinajstić information content (AvgIpc) is 3.23. The molecule has 62 heavy (non-hydrogen) atoms. The molecule has 0 heterocycles. The molecule has 0 amide bonds. The maximum atomic E-state index is 12.7. The Kier molecular flexibility index (Phi) is 41.6. The Morgan fingerprint density at radius 2 is 0.968 bits per heavy atom. The molecule has 0 fully saturated rings. The van der Waals surface area contributed by atoms with E-state index in [0.29, 0.717) is 19.3 Å². The van der Waals surface area contributed by atoms with Crippen LogP contribution in [0.2, 0.25) is 0 Å². The number of quaternary nitrogens is 1. The average molecular weight is 867 g/mol. The number of esters is 2. The first-order valence-electron chi connectivity index (χ1n) is 24.7. The third-order valence-electron chi connectivity index (χ3n) is 10.7. The maximum absolute atomic E-state index is 12.7. The lowest BCUT2D eigenvalue weighted by atomic mass is 10.1. The van der Waals surface area contributed by atoms with Gasteiger partial charge in [0.2, 0.25) is 0 Å². The van der Waals surface area contributed by atoms with Gasteiger partial charge in [0.1, 0.15) is 6.61 Å². The topological polar surface area (TPSA) is 99.1 Å². The zero-order chi connectivity index (χ0) is 45.6. The molecule has 2 unspecified atom stereocenters. The number of carbonyl (C=O) groups excluding carboxylic acids is 2. The zero-order valence-corrected chi connectivity index (χ0v) is 40.3. The summed E-state index contributed by atoms with van der Waals surface area (Å²) in [4.78, 5) is 37.1. The summed E-state index contributed by atoms with van der Waals surface area (Å²) in [5.74, 6) is -1.54. The van der Waals surface area contributed by atoms with E-state index in [-0.39, 0.29) is 42.7 Å². The van der Waals surface area contributed by atoms with Crippen LogP contribution < -0.4 is 0 Å². The number of aliphatic carboxylic acids is 1. The second-order valence-corrected chi connectivity index (χ2v) is 17.5. The molecule has 0 saturated heterocycles. The number of ether oxygens (including phenoxy) is 3. The SMILES string of the molecule is CC/C=C/C=C/C=C/C=C/C=C/CCCCCC(=O)OC(COCCC(C(=O)O)[N+](C)(C)C)COC(=O)CCCCCCCCC/C=C/C/C=C/CCCCCCCCCCC. The Hall–Kier alpha value is -3.49. The number of carbonyl (C=O) groups is 3. The number of hydrogen-bond acceptors (Lipinski definition) is 6. The molecule has 354 valence electrons. The van der Waals surface area contributed by atoms with E-state index >= 15 is 0 Å². The van der Waals surface area contributed by atoms with Crippen molar-refractivity contribution in [3.05, 3.63) is 85.1 Å². The van der Waals surface area contributed by atoms with Crippen molar-refractivity contribution in [1.29, 1.82) is 0 Å². The molecule has 2 atom stereocenters. The third kappa shape index (κ3) is 41.8. The van der Waals surface area contributed by atoms with Gasteiger partial charge < -0.3 is 23.8 Å². The minimum atomic E-state index is -0.887. The Bertz CT molecular complexity index is 1290. The summed E-state index contributed by atoms with van der Waals surface area (Å²) in [5.41, 5.74) is 0. The number of hydrogen-bond donors (Lipinski definition) is 1. The summed E-state index contributed by atoms with van der Waals surface area (Å²) in [6.07, 6.45) is 57.8. The first-order chi connectivity index (χ1) is 30.1. The van der Waals surface area contributed by atoms with Gasteiger partial charge in [-0.15, -0.1) is 0 Å². The van der Waals surface area contributed by atoms with Crippen molar-refractivity contribution in [2.45, 2.75) is 199 Å². The molecule has 0 saturated carbocycles. The second-order valence-electron chi connectivity index (χ2n) is 17.5. The molecule has 0 rings (SSSR count). The first-order valence-corrected chi connectivity index (χ1v) is 24.7. The first kappa shape index (κ1) is 58.5. The molecule has 0 aromatic heterocycles. The molecule has 8 heteroatoms. The van der Waals surface area contributed by atoms with Crippen molar-refractivity contribution >= 4 is 17.9 Å². The summed E-state index contributed by atoms with van der Waals surface area (Å²) >= 11 is 0. The van der Waals surface area contributed by atoms with Crippen LogP contribution in [-0.2, 0) is 28.6 Å². The van der Waals surface area contributed by atoms with Gasteiger partial charge in [0.15, 0.2) is 12.1 Å². The molecule has 0 aromatic carbocycles. The molecule has 0 aromatic rings. The molecule has 0 aliphatic carbocycles. The van der Waals surface area contributed by atoms with Crippen molar-refractivity contribution in [2.24, 2.45) is 0 Å². The Morgan fingerprint density at radius 3 is 1.48 bits per heavy atom. The third-order valence-corrected chi connectivity index (χ3v) is 10.7. The van der Waals surface area contributed by atoms with Crippen LogP contribution in [-0.4, -0.2) is 80.6 Å². The highest BCUT2D eigenvalue weighted by Crippen LogP contribution is 2.14. The number of carboxylic acids is 1. The minimum absolute atomic E-state index is 0.0362. The molecule has 0 bridgehead atoms. The number of allylic oxidation sites excluding steroid dienone is 14. The normalized spacial score (nSPS) is 13.6. The van der Waals surface area contributed by atoms with Gasteiger partial charge in [-0.05, 0) is 64.2 Å². The molecule has 0 aliphatic heterocycles. The summed E-state index contributed by atoms with van der Waals surface area (Å²) < 4.78 is 17.3. The number of rotatable bonds is 43. The second kappa shape index (κ2) is 44.1. The van der Waals surface area contributed by atoms with Gasteiger partial charge in [0.25, 0.3) is 0 Å². The van der Waals surface area contributed by atoms with Crippen molar-refractivity contribution in [3.63, 3.8) is 0 Å². The van der Waals surface area contributed by atoms with E-state index in [9.17, 15) is 19.5 Å². The highest BCUT2D eigenvalue weighted by Gasteiger charge is 2.31. The van der Waals surface area contributed by atoms with Crippen molar-refractivity contribution in [3.8, 4) is 0 Å². The molecule has 0 aliphatic rings. The zero-order valence-electron chi connectivity index (χ0n) is 40.3. The molecular formula is C54H92NO7+. The van der Waals surface area contributed by atoms with E-state index in [0.717, 1.165) is 57.8 Å². The van der Waals surface area contributed by atoms with Gasteiger partial charge in [-0.2, -0.15) is 0 Å². The fourth-order valence-corrected chi connectivity index (χ4v) is 6.85. The van der Waals surface area contributed by atoms with Crippen LogP contribution in [0.5, 0.6) is 0 Å². The number of carboxylic acid groups (broad SMARTS) is 1. The highest BCUT2D eigenvalue weighted by atomic mass is 16.6. The number of unbranched alkanes of at least 4 members (excludes halogenated alkanes) is 19. The van der Waals surface area contributed by atoms with E-state index < -0.39 is 18.1 Å². The predicted molar refractivity (Wildman–Crippen MR) is 261 cm³/mol. The van der Waals surface area contributed by atoms with Gasteiger partial charge in [-0.25, -0.2) is 4.79 Å². The fourth-order valence-electron chi connectivity index (χ4n) is 6.85. The van der Waals surface area contributed by atoms with Gasteiger partial charge in [-0.1, -0.05) is 189 Å². The van der Waals surface area contributed by atoms with Crippen LogP contribution in [0.4, 0.5) is 0 Å². The Balaban J connectivity index is 4.32. The van der Waals surface area contributed by atoms with E-state index in [4.69, 9.17) is 14.2 Å². The summed E-state index contributed by atoms with van der Waals surface area (Å²) in [5, 5.41) is 9.64. The number of nitrogens with zero attached hydrogens (tertiary/aromatic N) is 1. The quantitative estimate of drug-likeness (QED) is 0.0214. The smallest absolute Gasteiger partial charge is 0.362 e. The van der Waals surface area contributed by atoms with E-state index in [2.05, 4.69) is 50.3 Å². The predicted octanol–water partition coefficient (Wildman–Crippen LogP) is 14.1. The standard InChI is InChI=1S/C54H91NO7/c1-6-8-10-12-14-16-18-20-22-23-24-25-26-27-28-29-31-32-34-36-38-40-42-44-52(56)61-49-50(48-60-47-46-51(54(58)59)55(3,4)5)62-53(57)45-43-41-39-37-35-33-30-21-19-17-15-13-11-9-7-2/h9,11,13,15,17,19,21,24-25,27-28,30,33,35,50-51H,6-8,10,12,14,16,18,20,22-23,26,29,31-32,34,36-49H2,1-5H3/p+1/b11-9+,15-13+,19-17+,25-24+,28-27+,30-21+,35-33+. The molecule has 1 N–H and O–H groups in total. The van der Waals surface area contributed by atoms with Crippen LogP contribution in [0.3, 0.4) is 0 Å². The fraction of sp³-hybridized carbons (Fsp3) is 0.685. The Morgan fingerprint density at radius 1 is 0.516 bits per heavy atom. The van der Waals surface area contributed by atoms with Gasteiger partial charge in [0.05, 0.1) is 34.4 Å². The van der Waals surface area contributed by atoms with Gasteiger partial charge in [0, 0.05) is 19.3 Å². The lowest BCUT2D eigenvalue weighted by Crippen LogP contribution is -2.50. The summed E-state index contributed by atoms with van der Waals surface area (Å²) in [6.45, 7) is 4.53. The van der Waals surface area contributed by atoms with Crippen LogP contribution in [0.1, 0.15) is 187 Å². The van der Waals surface area contributed by atoms with Gasteiger partial charge >= 0.3 is 17.9 Å². The van der Waals surface area contributed by atoms with Crippen LogP contribution >= 0.6 is 0 Å². The van der Waals surface area contributed by atoms with E-state index in [1.807, 2.05) is 69.8 Å². The van der Waals surface area contributed by atoms with E-state index in [1.165, 1.54) is 89.9 Å². The maximum Gasteiger partial charge on any atom is 0.362 e. The monoisotopic (exact) mass is 867 g/mol. The van der Waals surface area contributed by atoms with Crippen molar-refractivity contribution in [2.75, 3.05) is 41.0 Å². The van der Waals surface area contributed by atoms with Crippen molar-refractivity contribution in [1.82, 2.24) is 0 Å². The highest BCUT2D eigenvalue weighted by molar-refractivity contribution is 5.72. The molecule has 0 spiro atoms. The van der Waals surface area contributed by atoms with Crippen LogP contribution in [0.25, 0.3) is 0 Å². The summed E-state index contributed by atoms with van der Waals surface area (Å²) in [6, 6.07) is -0.629. The summed E-state index contributed by atoms with van der Waals surface area (Å²) in [7, 11) is 5.50. The lowest BCUT2D eigenvalue weighted by molar-refractivity contribution is -0.887. The van der Waals surface area contributed by atoms with Gasteiger partial charge in [-0.3, -0.25) is 9.59 Å². The number of likely N-dealkylation sites (N-methyl/N-ethyl adjacent to an activating group) is 1. The lowest BCUT2D eigenvalue weighted by Gasteiger charge is -2.31. The van der Waals surface area contributed by atoms with E-state index in [1.54, 1.807) is 0 Å². The van der Waals surface area contributed by atoms with Crippen molar-refractivity contribution < 1.29 is 38.2 Å². The van der Waals surface area contributed by atoms with Crippen LogP contribution in [0.15, 0.2) is 85.1 Å². The minimum Gasteiger partial charge on any atom is -0.477 e. The van der Waals surface area contributed by atoms with Crippen LogP contribution in [0, 0.1) is 0 Å².